The van der Waals surface area contributed by atoms with Gasteiger partial charge in [-0.15, -0.1) is 5.10 Å². The average Bonchev–Trinajstić information content (AvgIpc) is 3.41. The van der Waals surface area contributed by atoms with E-state index < -0.39 is 19.9 Å². The maximum absolute atomic E-state index is 13.8. The van der Waals surface area contributed by atoms with Gasteiger partial charge in [-0.25, -0.2) is 4.68 Å². The number of carbonyl (C=O) groups is 2. The Balaban J connectivity index is 1.32. The van der Waals surface area contributed by atoms with Crippen LogP contribution in [0, 0.1) is 23.7 Å². The molecular formula is C32H41N3O6Si. The number of fused-ring (bicyclic) bond motifs is 1. The van der Waals surface area contributed by atoms with Crippen molar-refractivity contribution in [3.05, 3.63) is 64.4 Å². The van der Waals surface area contributed by atoms with E-state index in [1.54, 1.807) is 30.3 Å². The van der Waals surface area contributed by atoms with Crippen LogP contribution in [-0.4, -0.2) is 61.2 Å². The van der Waals surface area contributed by atoms with E-state index in [-0.39, 0.29) is 29.8 Å². The van der Waals surface area contributed by atoms with Gasteiger partial charge in [0.15, 0.2) is 5.78 Å². The summed E-state index contributed by atoms with van der Waals surface area (Å²) in [5.74, 6) is -0.725. The van der Waals surface area contributed by atoms with Gasteiger partial charge in [-0.1, -0.05) is 37.0 Å². The molecule has 2 aromatic carbocycles. The second-order valence-electron chi connectivity index (χ2n) is 12.8. The van der Waals surface area contributed by atoms with Crippen LogP contribution in [0.15, 0.2) is 53.3 Å². The molecule has 3 aromatic rings. The largest absolute Gasteiger partial charge is 0.493 e. The number of ether oxygens (including phenoxy) is 3. The lowest BCUT2D eigenvalue weighted by atomic mass is 9.84. The molecule has 0 bridgehead atoms. The number of aromatic nitrogens is 3. The van der Waals surface area contributed by atoms with Crippen LogP contribution in [0.5, 0.6) is 5.75 Å². The summed E-state index contributed by atoms with van der Waals surface area (Å²) in [5.41, 5.74) is 0.819. The summed E-state index contributed by atoms with van der Waals surface area (Å²) in [6, 6.07) is 15.1. The summed E-state index contributed by atoms with van der Waals surface area (Å²) in [5, 5.41) is 8.83. The fourth-order valence-corrected chi connectivity index (χ4v) is 6.63. The molecule has 1 saturated heterocycles. The first-order valence-corrected chi connectivity index (χ1v) is 18.7. The Morgan fingerprint density at radius 2 is 1.74 bits per heavy atom. The Labute approximate surface area is 247 Å². The van der Waals surface area contributed by atoms with Gasteiger partial charge in [0.25, 0.3) is 5.56 Å². The van der Waals surface area contributed by atoms with Crippen LogP contribution in [0.25, 0.3) is 10.9 Å². The van der Waals surface area contributed by atoms with Crippen molar-refractivity contribution >= 4 is 30.7 Å². The number of Topliss-reactive ketones (excluding diaryl/α,β-unsaturated/α-hetero) is 1. The number of hydrogen-bond donors (Lipinski definition) is 0. The second kappa shape index (κ2) is 13.3. The van der Waals surface area contributed by atoms with Gasteiger partial charge in [0.05, 0.1) is 31.1 Å². The second-order valence-corrected chi connectivity index (χ2v) is 18.4. The van der Waals surface area contributed by atoms with Crippen molar-refractivity contribution < 1.29 is 23.8 Å². The van der Waals surface area contributed by atoms with Crippen LogP contribution < -0.4 is 10.3 Å². The lowest BCUT2D eigenvalue weighted by Gasteiger charge is -2.24. The van der Waals surface area contributed by atoms with E-state index in [4.69, 9.17) is 14.2 Å². The first-order chi connectivity index (χ1) is 20.2. The van der Waals surface area contributed by atoms with Gasteiger partial charge in [-0.3, -0.25) is 14.4 Å². The van der Waals surface area contributed by atoms with Crippen LogP contribution in [0.4, 0.5) is 0 Å². The Morgan fingerprint density at radius 1 is 1.00 bits per heavy atom. The van der Waals surface area contributed by atoms with Gasteiger partial charge in [-0.05, 0) is 80.0 Å². The first-order valence-electron chi connectivity index (χ1n) is 15.0. The molecule has 0 N–H and O–H groups in total. The highest BCUT2D eigenvalue weighted by molar-refractivity contribution is 6.76. The van der Waals surface area contributed by atoms with Crippen LogP contribution in [-0.2, 0) is 20.8 Å². The van der Waals surface area contributed by atoms with E-state index in [2.05, 4.69) is 30.0 Å². The topological polar surface area (TPSA) is 110 Å². The number of ketones is 1. The smallest absolute Gasteiger partial charge is 0.310 e. The molecular weight excluding hydrogens is 550 g/mol. The zero-order valence-corrected chi connectivity index (χ0v) is 25.8. The summed E-state index contributed by atoms with van der Waals surface area (Å²) in [7, 11) is -1.42. The minimum atomic E-state index is -1.42. The molecule has 0 radical (unpaired) electrons. The van der Waals surface area contributed by atoms with E-state index in [0.29, 0.717) is 48.4 Å². The molecule has 1 aromatic heterocycles. The van der Waals surface area contributed by atoms with Crippen LogP contribution in [0.1, 0.15) is 36.0 Å². The number of benzene rings is 2. The summed E-state index contributed by atoms with van der Waals surface area (Å²) in [4.78, 5) is 40.5. The molecule has 0 amide bonds. The third-order valence-corrected chi connectivity index (χ3v) is 10.2. The zero-order chi connectivity index (χ0) is 29.7. The highest BCUT2D eigenvalue weighted by atomic mass is 28.3. The molecule has 9 nitrogen and oxygen atoms in total. The van der Waals surface area contributed by atoms with Gasteiger partial charge in [0.1, 0.15) is 11.3 Å². The fraction of sp³-hybridized carbons (Fsp3) is 0.531. The molecule has 3 atom stereocenters. The molecule has 224 valence electrons. The molecule has 42 heavy (non-hydrogen) atoms. The van der Waals surface area contributed by atoms with Gasteiger partial charge in [0.2, 0.25) is 0 Å². The summed E-state index contributed by atoms with van der Waals surface area (Å²) in [6.07, 6.45) is 3.13. The maximum Gasteiger partial charge on any atom is 0.310 e. The van der Waals surface area contributed by atoms with Crippen LogP contribution >= 0.6 is 0 Å². The quantitative estimate of drug-likeness (QED) is 0.174. The summed E-state index contributed by atoms with van der Waals surface area (Å²) in [6.45, 7) is 9.40. The predicted octanol–water partition coefficient (Wildman–Crippen LogP) is 5.00. The fourth-order valence-electron chi connectivity index (χ4n) is 5.91. The molecule has 2 fully saturated rings. The van der Waals surface area contributed by atoms with Gasteiger partial charge < -0.3 is 14.2 Å². The molecule has 0 unspecified atom stereocenters. The van der Waals surface area contributed by atoms with E-state index in [1.807, 2.05) is 18.2 Å². The lowest BCUT2D eigenvalue weighted by molar-refractivity contribution is -0.150. The Bertz CT molecular complexity index is 1450. The normalized spacial score (nSPS) is 21.4. The van der Waals surface area contributed by atoms with Crippen molar-refractivity contribution in [3.8, 4) is 5.75 Å². The van der Waals surface area contributed by atoms with Gasteiger partial charge in [-0.2, -0.15) is 0 Å². The Kier molecular flexibility index (Phi) is 9.52. The third-order valence-electron chi connectivity index (χ3n) is 8.50. The lowest BCUT2D eigenvalue weighted by Crippen LogP contribution is -2.36. The van der Waals surface area contributed by atoms with Crippen molar-refractivity contribution in [2.45, 2.75) is 57.9 Å². The maximum atomic E-state index is 13.8. The SMILES string of the molecule is C[Si](C)(C)CCOC(=O)[C@H]1[C@H](Cn2nnc3ccccc3c2=O)CC[C@@H]1C(=O)c1ccc(OCC2CCOCC2)cc1. The number of nitrogens with zero attached hydrogens (tertiary/aromatic N) is 3. The molecule has 2 heterocycles. The van der Waals surface area contributed by atoms with E-state index in [9.17, 15) is 14.4 Å². The highest BCUT2D eigenvalue weighted by Gasteiger charge is 2.46. The molecule has 2 aliphatic rings. The number of rotatable bonds is 11. The average molecular weight is 592 g/mol. The number of hydrogen-bond acceptors (Lipinski definition) is 8. The van der Waals surface area contributed by atoms with E-state index >= 15 is 0 Å². The van der Waals surface area contributed by atoms with E-state index in [0.717, 1.165) is 37.8 Å². The Hall–Kier alpha value is -3.37. The van der Waals surface area contributed by atoms with Crippen molar-refractivity contribution in [1.29, 1.82) is 0 Å². The van der Waals surface area contributed by atoms with Crippen LogP contribution in [0.2, 0.25) is 25.7 Å². The van der Waals surface area contributed by atoms with Crippen molar-refractivity contribution in [2.75, 3.05) is 26.4 Å². The number of esters is 1. The monoisotopic (exact) mass is 591 g/mol. The van der Waals surface area contributed by atoms with Gasteiger partial charge >= 0.3 is 5.97 Å². The first kappa shape index (κ1) is 30.1. The molecule has 1 saturated carbocycles. The minimum absolute atomic E-state index is 0.0856. The molecule has 1 aliphatic heterocycles. The Morgan fingerprint density at radius 3 is 2.48 bits per heavy atom. The summed E-state index contributed by atoms with van der Waals surface area (Å²) < 4.78 is 18.5. The van der Waals surface area contributed by atoms with E-state index in [1.165, 1.54) is 4.68 Å². The minimum Gasteiger partial charge on any atom is -0.493 e. The number of carbonyl (C=O) groups excluding carboxylic acids is 2. The third kappa shape index (κ3) is 7.33. The van der Waals surface area contributed by atoms with Gasteiger partial charge in [0, 0.05) is 32.8 Å². The standard InChI is InChI=1S/C32H41N3O6Si/c1-42(2,3)19-18-40-32(38)29-24(20-35-31(37)26-6-4-5-7-28(26)33-34-35)10-13-27(29)30(36)23-8-11-25(12-9-23)41-21-22-14-16-39-17-15-22/h4-9,11-12,22,24,27,29H,10,13-21H2,1-3H3/t24-,27-,29-/m0/s1. The molecule has 10 heteroatoms. The molecule has 1 aliphatic carbocycles. The van der Waals surface area contributed by atoms with Crippen molar-refractivity contribution in [2.24, 2.45) is 23.7 Å². The zero-order valence-electron chi connectivity index (χ0n) is 24.8. The van der Waals surface area contributed by atoms with Crippen molar-refractivity contribution in [3.63, 3.8) is 0 Å². The molecule has 0 spiro atoms. The molecule has 5 rings (SSSR count). The highest BCUT2D eigenvalue weighted by Crippen LogP contribution is 2.41. The predicted molar refractivity (Wildman–Crippen MR) is 162 cm³/mol. The summed E-state index contributed by atoms with van der Waals surface area (Å²) >= 11 is 0. The van der Waals surface area contributed by atoms with Crippen LogP contribution in [0.3, 0.4) is 0 Å². The van der Waals surface area contributed by atoms with Crippen molar-refractivity contribution in [1.82, 2.24) is 15.0 Å².